The maximum Gasteiger partial charge on any atom is 0.268 e. The van der Waals surface area contributed by atoms with Gasteiger partial charge >= 0.3 is 0 Å². The molecule has 0 fully saturated rings. The van der Waals surface area contributed by atoms with Crippen LogP contribution in [0.25, 0.3) is 21.8 Å². The van der Waals surface area contributed by atoms with Gasteiger partial charge in [0, 0.05) is 22.2 Å². The predicted octanol–water partition coefficient (Wildman–Crippen LogP) is 6.32. The monoisotopic (exact) mass is 497 g/mol. The van der Waals surface area contributed by atoms with Crippen molar-refractivity contribution in [3.05, 3.63) is 83.7 Å². The van der Waals surface area contributed by atoms with E-state index in [1.807, 2.05) is 92.0 Å². The average molecular weight is 498 g/mol. The van der Waals surface area contributed by atoms with Crippen LogP contribution in [0.1, 0.15) is 25.8 Å². The van der Waals surface area contributed by atoms with Crippen molar-refractivity contribution in [1.82, 2.24) is 4.98 Å². The number of rotatable bonds is 6. The molecule has 0 aliphatic carbocycles. The van der Waals surface area contributed by atoms with Crippen LogP contribution in [-0.2, 0) is 9.59 Å². The average Bonchev–Trinajstić information content (AvgIpc) is 3.40. The molecule has 0 saturated carbocycles. The van der Waals surface area contributed by atoms with E-state index in [0.29, 0.717) is 17.9 Å². The molecule has 7 heteroatoms. The van der Waals surface area contributed by atoms with E-state index in [4.69, 9.17) is 9.72 Å². The summed E-state index contributed by atoms with van der Waals surface area (Å²) in [5, 5.41) is 5.90. The summed E-state index contributed by atoms with van der Waals surface area (Å²) in [6.45, 7) is 5.58. The van der Waals surface area contributed by atoms with E-state index in [0.717, 1.165) is 33.1 Å². The Morgan fingerprint density at radius 2 is 1.83 bits per heavy atom. The Balaban J connectivity index is 1.49. The molecule has 0 saturated heterocycles. The lowest BCUT2D eigenvalue weighted by molar-refractivity contribution is -0.129. The number of hydrogen-bond donors (Lipinski definition) is 1. The van der Waals surface area contributed by atoms with E-state index in [-0.39, 0.29) is 11.8 Å². The van der Waals surface area contributed by atoms with Crippen molar-refractivity contribution in [3.63, 3.8) is 0 Å². The summed E-state index contributed by atoms with van der Waals surface area (Å²) in [6.07, 6.45) is -0.129. The Morgan fingerprint density at radius 3 is 2.58 bits per heavy atom. The summed E-state index contributed by atoms with van der Waals surface area (Å²) in [7, 11) is 0. The van der Waals surface area contributed by atoms with Gasteiger partial charge in [-0.3, -0.25) is 14.5 Å². The Hall–Kier alpha value is -3.97. The Morgan fingerprint density at radius 1 is 1.08 bits per heavy atom. The second-order valence-corrected chi connectivity index (χ2v) is 9.65. The predicted molar refractivity (Wildman–Crippen MR) is 144 cm³/mol. The number of fused-ring (bicyclic) bond motifs is 1. The zero-order valence-electron chi connectivity index (χ0n) is 20.4. The first-order valence-corrected chi connectivity index (χ1v) is 12.9. The van der Waals surface area contributed by atoms with Gasteiger partial charge in [-0.05, 0) is 50.1 Å². The summed E-state index contributed by atoms with van der Waals surface area (Å²) in [5.74, 6) is 0.0999. The van der Waals surface area contributed by atoms with Crippen LogP contribution in [0.3, 0.4) is 0 Å². The number of hydrogen-bond acceptors (Lipinski definition) is 5. The highest BCUT2D eigenvalue weighted by Gasteiger charge is 2.38. The van der Waals surface area contributed by atoms with Gasteiger partial charge in [0.05, 0.1) is 11.4 Å². The number of nitrogens with zero attached hydrogens (tertiary/aromatic N) is 2. The minimum atomic E-state index is -0.737. The van der Waals surface area contributed by atoms with Crippen molar-refractivity contribution >= 4 is 34.5 Å². The first kappa shape index (κ1) is 23.8. The number of anilines is 2. The van der Waals surface area contributed by atoms with Crippen LogP contribution in [-0.4, -0.2) is 28.9 Å². The number of aromatic nitrogens is 1. The number of amides is 2. The molecule has 3 aromatic carbocycles. The van der Waals surface area contributed by atoms with Crippen LogP contribution in [0.2, 0.25) is 0 Å². The van der Waals surface area contributed by atoms with Crippen LogP contribution in [0.15, 0.2) is 78.2 Å². The number of para-hydroxylation sites is 1. The molecular weight excluding hydrogens is 470 g/mol. The van der Waals surface area contributed by atoms with Gasteiger partial charge in [-0.2, -0.15) is 0 Å². The summed E-state index contributed by atoms with van der Waals surface area (Å²) < 4.78 is 6.02. The zero-order chi connectivity index (χ0) is 25.2. The molecule has 0 spiro atoms. The Kier molecular flexibility index (Phi) is 6.57. The molecule has 0 radical (unpaired) electrons. The number of aryl methyl sites for hydroxylation is 1. The maximum atomic E-state index is 13.4. The Bertz CT molecular complexity index is 1420. The molecule has 1 aliphatic heterocycles. The van der Waals surface area contributed by atoms with Crippen LogP contribution in [0, 0.1) is 6.92 Å². The van der Waals surface area contributed by atoms with Crippen LogP contribution in [0.5, 0.6) is 5.75 Å². The fourth-order valence-corrected chi connectivity index (χ4v) is 5.12. The SMILES string of the molecule is CCC1Oc2ccc(-c3csc(-c4ccccc4)n3)cc2N(C(C)C(=O)Nc2ccccc2C)C1=O. The van der Waals surface area contributed by atoms with E-state index in [9.17, 15) is 9.59 Å². The standard InChI is InChI=1S/C29H27N3O3S/c1-4-25-29(34)32(19(3)27(33)30-22-13-9-8-10-18(22)2)24-16-21(14-15-26(24)35-25)23-17-36-28(31-23)20-11-6-5-7-12-20/h5-17,19,25H,4H2,1-3H3,(H,30,33). The highest BCUT2D eigenvalue weighted by Crippen LogP contribution is 2.40. The van der Waals surface area contributed by atoms with E-state index in [1.165, 1.54) is 0 Å². The topological polar surface area (TPSA) is 71.5 Å². The number of thiazole rings is 1. The molecule has 2 heterocycles. The highest BCUT2D eigenvalue weighted by atomic mass is 32.1. The molecule has 182 valence electrons. The van der Waals surface area contributed by atoms with E-state index in [2.05, 4.69) is 5.32 Å². The molecule has 1 aromatic heterocycles. The Labute approximate surface area is 214 Å². The fraction of sp³-hybridized carbons (Fsp3) is 0.207. The van der Waals surface area contributed by atoms with Gasteiger partial charge in [0.25, 0.3) is 5.91 Å². The number of carbonyl (C=O) groups is 2. The first-order valence-electron chi connectivity index (χ1n) is 12.0. The molecule has 4 aromatic rings. The van der Waals surface area contributed by atoms with Gasteiger partial charge in [0.15, 0.2) is 6.10 Å². The van der Waals surface area contributed by atoms with E-state index in [1.54, 1.807) is 23.2 Å². The van der Waals surface area contributed by atoms with Gasteiger partial charge in [-0.15, -0.1) is 11.3 Å². The third-order valence-corrected chi connectivity index (χ3v) is 7.25. The van der Waals surface area contributed by atoms with E-state index < -0.39 is 12.1 Å². The second kappa shape index (κ2) is 9.95. The number of benzene rings is 3. The van der Waals surface area contributed by atoms with Crippen molar-refractivity contribution < 1.29 is 14.3 Å². The van der Waals surface area contributed by atoms with Gasteiger partial charge in [-0.25, -0.2) is 4.98 Å². The van der Waals surface area contributed by atoms with E-state index >= 15 is 0 Å². The van der Waals surface area contributed by atoms with Crippen molar-refractivity contribution in [2.45, 2.75) is 39.3 Å². The smallest absolute Gasteiger partial charge is 0.268 e. The number of ether oxygens (including phenoxy) is 1. The van der Waals surface area contributed by atoms with Gasteiger partial charge in [0.2, 0.25) is 5.91 Å². The molecule has 1 aliphatic rings. The lowest BCUT2D eigenvalue weighted by Gasteiger charge is -2.37. The normalized spacial score (nSPS) is 15.7. The zero-order valence-corrected chi connectivity index (χ0v) is 21.2. The van der Waals surface area contributed by atoms with Crippen LogP contribution >= 0.6 is 11.3 Å². The van der Waals surface area contributed by atoms with Gasteiger partial charge in [0.1, 0.15) is 16.8 Å². The van der Waals surface area contributed by atoms with Crippen molar-refractivity contribution in [2.24, 2.45) is 0 Å². The highest BCUT2D eigenvalue weighted by molar-refractivity contribution is 7.13. The van der Waals surface area contributed by atoms with Crippen LogP contribution in [0.4, 0.5) is 11.4 Å². The molecule has 36 heavy (non-hydrogen) atoms. The number of carbonyl (C=O) groups excluding carboxylic acids is 2. The molecule has 6 nitrogen and oxygen atoms in total. The first-order chi connectivity index (χ1) is 17.5. The molecule has 2 atom stereocenters. The summed E-state index contributed by atoms with van der Waals surface area (Å²) in [5.41, 5.74) is 4.98. The summed E-state index contributed by atoms with van der Waals surface area (Å²) >= 11 is 1.57. The van der Waals surface area contributed by atoms with Crippen LogP contribution < -0.4 is 15.0 Å². The summed E-state index contributed by atoms with van der Waals surface area (Å²) in [4.78, 5) is 33.1. The summed E-state index contributed by atoms with van der Waals surface area (Å²) in [6, 6.07) is 22.6. The molecular formula is C29H27N3O3S. The largest absolute Gasteiger partial charge is 0.478 e. The lowest BCUT2D eigenvalue weighted by Crippen LogP contribution is -2.53. The second-order valence-electron chi connectivity index (χ2n) is 8.79. The maximum absolute atomic E-state index is 13.4. The minimum Gasteiger partial charge on any atom is -0.478 e. The molecule has 0 bridgehead atoms. The fourth-order valence-electron chi connectivity index (χ4n) is 4.29. The van der Waals surface area contributed by atoms with Crippen molar-refractivity contribution in [2.75, 3.05) is 10.2 Å². The molecule has 2 unspecified atom stereocenters. The quantitative estimate of drug-likeness (QED) is 0.339. The van der Waals surface area contributed by atoms with Gasteiger partial charge in [-0.1, -0.05) is 55.5 Å². The molecule has 1 N–H and O–H groups in total. The molecule has 2 amide bonds. The number of nitrogens with one attached hydrogen (secondary N) is 1. The third-order valence-electron chi connectivity index (χ3n) is 6.36. The lowest BCUT2D eigenvalue weighted by atomic mass is 10.0. The van der Waals surface area contributed by atoms with Crippen molar-refractivity contribution in [3.8, 4) is 27.6 Å². The third kappa shape index (κ3) is 4.50. The van der Waals surface area contributed by atoms with Crippen molar-refractivity contribution in [1.29, 1.82) is 0 Å². The molecule has 5 rings (SSSR count). The van der Waals surface area contributed by atoms with Gasteiger partial charge < -0.3 is 10.1 Å². The minimum absolute atomic E-state index is 0.224.